The lowest BCUT2D eigenvalue weighted by Gasteiger charge is -2.28. The fourth-order valence-electron chi connectivity index (χ4n) is 6.33. The molecule has 1 atom stereocenters. The molecular formula is C36H23N3S. The van der Waals surface area contributed by atoms with Crippen LogP contribution < -0.4 is 5.32 Å². The molecule has 1 aliphatic heterocycles. The van der Waals surface area contributed by atoms with Gasteiger partial charge in [-0.2, -0.15) is 0 Å². The number of aromatic nitrogens is 1. The van der Waals surface area contributed by atoms with Crippen molar-refractivity contribution in [2.75, 3.05) is 5.32 Å². The minimum atomic E-state index is -0.124. The Bertz CT molecular complexity index is 2320. The van der Waals surface area contributed by atoms with Gasteiger partial charge in [-0.1, -0.05) is 97.1 Å². The van der Waals surface area contributed by atoms with Crippen molar-refractivity contribution in [1.29, 1.82) is 0 Å². The van der Waals surface area contributed by atoms with Gasteiger partial charge in [0.05, 0.1) is 16.7 Å². The van der Waals surface area contributed by atoms with E-state index in [2.05, 4.69) is 137 Å². The van der Waals surface area contributed by atoms with E-state index in [4.69, 9.17) is 4.99 Å². The van der Waals surface area contributed by atoms with Crippen LogP contribution in [0.1, 0.15) is 11.6 Å². The highest BCUT2D eigenvalue weighted by Crippen LogP contribution is 2.48. The Kier molecular flexibility index (Phi) is 4.54. The van der Waals surface area contributed by atoms with Crippen LogP contribution in [0.4, 0.5) is 10.7 Å². The van der Waals surface area contributed by atoms with Crippen molar-refractivity contribution in [3.05, 3.63) is 133 Å². The maximum absolute atomic E-state index is 5.48. The molecule has 6 aromatic carbocycles. The molecule has 0 saturated carbocycles. The number of hydrogen-bond acceptors (Lipinski definition) is 3. The highest BCUT2D eigenvalue weighted by atomic mass is 32.1. The molecule has 0 spiro atoms. The second kappa shape index (κ2) is 8.28. The smallest absolute Gasteiger partial charge is 0.142 e. The summed E-state index contributed by atoms with van der Waals surface area (Å²) in [7, 11) is 0. The Morgan fingerprint density at radius 2 is 1.25 bits per heavy atom. The molecule has 3 nitrogen and oxygen atoms in total. The van der Waals surface area contributed by atoms with E-state index in [1.54, 1.807) is 11.3 Å². The van der Waals surface area contributed by atoms with Gasteiger partial charge in [-0.25, -0.2) is 4.99 Å². The molecule has 40 heavy (non-hydrogen) atoms. The number of aliphatic imine (C=N–C) groups is 1. The first-order valence-electron chi connectivity index (χ1n) is 13.6. The van der Waals surface area contributed by atoms with Crippen LogP contribution in [-0.2, 0) is 0 Å². The summed E-state index contributed by atoms with van der Waals surface area (Å²) in [4.78, 5) is 5.48. The first-order chi connectivity index (χ1) is 19.8. The van der Waals surface area contributed by atoms with Crippen LogP contribution in [-0.4, -0.2) is 10.4 Å². The van der Waals surface area contributed by atoms with Gasteiger partial charge >= 0.3 is 0 Å². The summed E-state index contributed by atoms with van der Waals surface area (Å²) in [5, 5.41) is 13.7. The highest BCUT2D eigenvalue weighted by molar-refractivity contribution is 7.23. The average Bonchev–Trinajstić information content (AvgIpc) is 3.53. The lowest BCUT2D eigenvalue weighted by Crippen LogP contribution is -2.29. The SMILES string of the molecule is c1ccc2cc(C3Nc4c(sc5ccccc45)N=C3n3c4ccccc4c4cc5ccccc5cc43)ccc2c1. The van der Waals surface area contributed by atoms with Gasteiger partial charge in [-0.05, 0) is 57.4 Å². The molecule has 188 valence electrons. The third kappa shape index (κ3) is 3.14. The van der Waals surface area contributed by atoms with Gasteiger partial charge in [-0.15, -0.1) is 11.3 Å². The van der Waals surface area contributed by atoms with Gasteiger partial charge in [0.15, 0.2) is 0 Å². The van der Waals surface area contributed by atoms with Gasteiger partial charge in [0.2, 0.25) is 0 Å². The first-order valence-corrected chi connectivity index (χ1v) is 14.4. The van der Waals surface area contributed by atoms with E-state index in [0.29, 0.717) is 0 Å². The summed E-state index contributed by atoms with van der Waals surface area (Å²) < 4.78 is 3.63. The number of fused-ring (bicyclic) bond motifs is 8. The van der Waals surface area contributed by atoms with Crippen LogP contribution in [0.15, 0.2) is 132 Å². The molecule has 9 rings (SSSR count). The Hall–Kier alpha value is -4.93. The maximum Gasteiger partial charge on any atom is 0.142 e. The molecule has 0 aliphatic carbocycles. The number of nitrogens with one attached hydrogen (secondary N) is 1. The Labute approximate surface area is 234 Å². The van der Waals surface area contributed by atoms with Gasteiger partial charge in [0.1, 0.15) is 16.9 Å². The lowest BCUT2D eigenvalue weighted by molar-refractivity contribution is 0.972. The number of para-hydroxylation sites is 1. The average molecular weight is 530 g/mol. The van der Waals surface area contributed by atoms with Crippen molar-refractivity contribution >= 4 is 81.3 Å². The van der Waals surface area contributed by atoms with Crippen molar-refractivity contribution in [3.63, 3.8) is 0 Å². The van der Waals surface area contributed by atoms with E-state index in [0.717, 1.165) is 16.5 Å². The molecular weight excluding hydrogens is 506 g/mol. The van der Waals surface area contributed by atoms with Gasteiger partial charge in [0.25, 0.3) is 0 Å². The molecule has 2 aromatic heterocycles. The van der Waals surface area contributed by atoms with E-state index in [-0.39, 0.29) is 6.04 Å². The molecule has 3 heterocycles. The Balaban J connectivity index is 1.38. The van der Waals surface area contributed by atoms with Crippen LogP contribution in [0.25, 0.3) is 53.4 Å². The standard InChI is InChI=1S/C36H23N3S/c1-2-10-23-19-26(18-17-22(23)9-1)33-35(38-36-34(37-33)28-14-6-8-16-32(28)40-36)39-30-15-7-5-13-27(30)29-20-24-11-3-4-12-25(24)21-31(29)39/h1-21,33,37H. The second-order valence-corrected chi connectivity index (χ2v) is 11.5. The largest absolute Gasteiger partial charge is 0.369 e. The zero-order valence-electron chi connectivity index (χ0n) is 21.5. The summed E-state index contributed by atoms with van der Waals surface area (Å²) in [5.41, 5.74) is 4.67. The molecule has 1 aliphatic rings. The molecule has 0 radical (unpaired) electrons. The van der Waals surface area contributed by atoms with Crippen LogP contribution in [0.5, 0.6) is 0 Å². The quantitative estimate of drug-likeness (QED) is 0.225. The monoisotopic (exact) mass is 529 g/mol. The zero-order valence-corrected chi connectivity index (χ0v) is 22.3. The number of thiophene rings is 1. The van der Waals surface area contributed by atoms with Crippen molar-refractivity contribution in [1.82, 2.24) is 4.57 Å². The van der Waals surface area contributed by atoms with Crippen LogP contribution in [0.3, 0.4) is 0 Å². The predicted molar refractivity (Wildman–Crippen MR) is 172 cm³/mol. The van der Waals surface area contributed by atoms with E-state index < -0.39 is 0 Å². The lowest BCUT2D eigenvalue weighted by atomic mass is 9.99. The predicted octanol–water partition coefficient (Wildman–Crippen LogP) is 10.1. The van der Waals surface area contributed by atoms with Crippen molar-refractivity contribution in [2.24, 2.45) is 4.99 Å². The van der Waals surface area contributed by atoms with Crippen molar-refractivity contribution in [3.8, 4) is 0 Å². The molecule has 0 fully saturated rings. The topological polar surface area (TPSA) is 29.3 Å². The number of benzene rings is 6. The van der Waals surface area contributed by atoms with Crippen molar-refractivity contribution < 1.29 is 0 Å². The Morgan fingerprint density at radius 1 is 0.575 bits per heavy atom. The number of hydrogen-bond donors (Lipinski definition) is 1. The van der Waals surface area contributed by atoms with Gasteiger partial charge < -0.3 is 5.32 Å². The highest BCUT2D eigenvalue weighted by Gasteiger charge is 2.30. The second-order valence-electron chi connectivity index (χ2n) is 10.5. The number of nitrogens with zero attached hydrogens (tertiary/aromatic N) is 2. The summed E-state index contributed by atoms with van der Waals surface area (Å²) in [5.74, 6) is 0.996. The van der Waals surface area contributed by atoms with E-state index in [1.807, 2.05) is 0 Å². The van der Waals surface area contributed by atoms with E-state index in [9.17, 15) is 0 Å². The van der Waals surface area contributed by atoms with Crippen LogP contribution in [0, 0.1) is 0 Å². The van der Waals surface area contributed by atoms with Crippen molar-refractivity contribution in [2.45, 2.75) is 6.04 Å². The molecule has 8 aromatic rings. The molecule has 1 unspecified atom stereocenters. The van der Waals surface area contributed by atoms with Crippen LogP contribution >= 0.6 is 11.3 Å². The zero-order chi connectivity index (χ0) is 26.2. The fraction of sp³-hybridized carbons (Fsp3) is 0.0278. The number of anilines is 1. The molecule has 1 N–H and O–H groups in total. The van der Waals surface area contributed by atoms with Crippen LogP contribution in [0.2, 0.25) is 0 Å². The molecule has 0 amide bonds. The summed E-state index contributed by atoms with van der Waals surface area (Å²) in [6, 6.07) is 45.8. The van der Waals surface area contributed by atoms with Gasteiger partial charge in [-0.3, -0.25) is 4.57 Å². The Morgan fingerprint density at radius 3 is 2.10 bits per heavy atom. The molecule has 4 heteroatoms. The minimum absolute atomic E-state index is 0.124. The van der Waals surface area contributed by atoms with Gasteiger partial charge in [0, 0.05) is 20.9 Å². The first kappa shape index (κ1) is 21.9. The fourth-order valence-corrected chi connectivity index (χ4v) is 7.37. The summed E-state index contributed by atoms with van der Waals surface area (Å²) in [6.07, 6.45) is 0. The van der Waals surface area contributed by atoms with E-state index in [1.165, 1.54) is 59.0 Å². The minimum Gasteiger partial charge on any atom is -0.369 e. The molecule has 0 bridgehead atoms. The van der Waals surface area contributed by atoms with E-state index >= 15 is 0 Å². The maximum atomic E-state index is 5.48. The third-order valence-corrected chi connectivity index (χ3v) is 9.28. The normalized spacial score (nSPS) is 15.1. The number of rotatable bonds is 1. The third-order valence-electron chi connectivity index (χ3n) is 8.22. The summed E-state index contributed by atoms with van der Waals surface area (Å²) in [6.45, 7) is 0. The summed E-state index contributed by atoms with van der Waals surface area (Å²) >= 11 is 1.75. The molecule has 0 saturated heterocycles.